The molecule has 27 heavy (non-hydrogen) atoms. The highest BCUT2D eigenvalue weighted by Crippen LogP contribution is 2.21. The van der Waals surface area contributed by atoms with Gasteiger partial charge in [-0.25, -0.2) is 4.39 Å². The van der Waals surface area contributed by atoms with E-state index in [9.17, 15) is 17.6 Å². The molecular formula is C18H17ClFN3O3S. The predicted octanol–water partition coefficient (Wildman–Crippen LogP) is 3.54. The number of anilines is 1. The average Bonchev–Trinajstić information content (AvgIpc) is 2.99. The first-order valence-corrected chi connectivity index (χ1v) is 9.99. The van der Waals surface area contributed by atoms with Crippen LogP contribution in [-0.2, 0) is 10.0 Å². The molecule has 0 spiro atoms. The summed E-state index contributed by atoms with van der Waals surface area (Å²) in [5.74, 6) is -0.526. The Kier molecular flexibility index (Phi) is 5.48. The topological polar surface area (TPSA) is 78.8 Å². The fraction of sp³-hybridized carbons (Fsp3) is 0.222. The zero-order valence-electron chi connectivity index (χ0n) is 14.4. The van der Waals surface area contributed by atoms with Crippen molar-refractivity contribution in [1.29, 1.82) is 0 Å². The molecule has 0 aliphatic carbocycles. The van der Waals surface area contributed by atoms with Crippen molar-refractivity contribution < 1.29 is 17.6 Å². The first-order valence-electron chi connectivity index (χ1n) is 8.18. The lowest BCUT2D eigenvalue weighted by Gasteiger charge is -2.11. The largest absolute Gasteiger partial charge is 0.362 e. The Hall–Kier alpha value is -2.45. The molecule has 1 fully saturated rings. The number of amidine groups is 1. The van der Waals surface area contributed by atoms with E-state index in [4.69, 9.17) is 11.6 Å². The molecule has 142 valence electrons. The van der Waals surface area contributed by atoms with Gasteiger partial charge in [0.15, 0.2) is 0 Å². The zero-order chi connectivity index (χ0) is 19.6. The molecule has 2 aromatic carbocycles. The summed E-state index contributed by atoms with van der Waals surface area (Å²) in [5.41, 5.74) is 0.496. The highest BCUT2D eigenvalue weighted by Gasteiger charge is 2.20. The Morgan fingerprint density at radius 3 is 2.52 bits per heavy atom. The molecule has 0 radical (unpaired) electrons. The van der Waals surface area contributed by atoms with Crippen molar-refractivity contribution >= 4 is 39.1 Å². The molecule has 6 nitrogen and oxygen atoms in total. The molecule has 0 aromatic heterocycles. The molecular weight excluding hydrogens is 393 g/mol. The van der Waals surface area contributed by atoms with Gasteiger partial charge < -0.3 is 10.2 Å². The van der Waals surface area contributed by atoms with E-state index in [1.807, 2.05) is 4.90 Å². The summed E-state index contributed by atoms with van der Waals surface area (Å²) in [6.07, 6.45) is 1.50. The minimum atomic E-state index is -3.81. The van der Waals surface area contributed by atoms with Crippen LogP contribution in [0.4, 0.5) is 10.1 Å². The molecule has 0 bridgehead atoms. The molecule has 0 unspecified atom stereocenters. The van der Waals surface area contributed by atoms with Gasteiger partial charge in [-0.05, 0) is 48.9 Å². The average molecular weight is 410 g/mol. The van der Waals surface area contributed by atoms with Gasteiger partial charge in [0, 0.05) is 25.7 Å². The lowest BCUT2D eigenvalue weighted by atomic mass is 10.2. The van der Waals surface area contributed by atoms with Gasteiger partial charge in [0.05, 0.1) is 15.5 Å². The SMILES string of the molecule is CN1CCC/C1=N/S(=O)(=O)c1ccc(NC(=O)c2ccc(F)cc2Cl)cc1. The molecule has 0 saturated carbocycles. The first-order chi connectivity index (χ1) is 12.8. The van der Waals surface area contributed by atoms with Crippen LogP contribution in [0.25, 0.3) is 0 Å². The maximum atomic E-state index is 13.1. The lowest BCUT2D eigenvalue weighted by molar-refractivity contribution is 0.102. The van der Waals surface area contributed by atoms with Crippen LogP contribution in [0.2, 0.25) is 5.02 Å². The highest BCUT2D eigenvalue weighted by atomic mass is 35.5. The molecule has 1 amide bonds. The van der Waals surface area contributed by atoms with Gasteiger partial charge in [0.25, 0.3) is 15.9 Å². The summed E-state index contributed by atoms with van der Waals surface area (Å²) < 4.78 is 41.8. The molecule has 3 rings (SSSR count). The van der Waals surface area contributed by atoms with Gasteiger partial charge in [-0.3, -0.25) is 4.79 Å². The standard InChI is InChI=1S/C18H17ClFN3O3S/c1-23-10-2-3-17(23)22-27(25,26)14-7-5-13(6-8-14)21-18(24)15-9-4-12(20)11-16(15)19/h4-9,11H,2-3,10H2,1H3,(H,21,24)/b22-17-. The Balaban J connectivity index is 1.76. The molecule has 9 heteroatoms. The number of benzene rings is 2. The molecule has 1 aliphatic heterocycles. The van der Waals surface area contributed by atoms with Gasteiger partial charge in [0.2, 0.25) is 0 Å². The third-order valence-corrected chi connectivity index (χ3v) is 5.78. The maximum Gasteiger partial charge on any atom is 0.283 e. The number of halogens is 2. The Morgan fingerprint density at radius 1 is 1.22 bits per heavy atom. The number of hydrogen-bond donors (Lipinski definition) is 1. The smallest absolute Gasteiger partial charge is 0.283 e. The molecule has 1 heterocycles. The van der Waals surface area contributed by atoms with Crippen molar-refractivity contribution in [2.45, 2.75) is 17.7 Å². The van der Waals surface area contributed by atoms with Crippen LogP contribution < -0.4 is 5.32 Å². The van der Waals surface area contributed by atoms with Gasteiger partial charge in [-0.15, -0.1) is 4.40 Å². The van der Waals surface area contributed by atoms with E-state index < -0.39 is 21.7 Å². The number of nitrogens with one attached hydrogen (secondary N) is 1. The number of rotatable bonds is 4. The van der Waals surface area contributed by atoms with Crippen molar-refractivity contribution in [3.63, 3.8) is 0 Å². The molecule has 2 aromatic rings. The second kappa shape index (κ2) is 7.66. The van der Waals surface area contributed by atoms with Crippen LogP contribution >= 0.6 is 11.6 Å². The van der Waals surface area contributed by atoms with Crippen LogP contribution in [-0.4, -0.2) is 38.7 Å². The third kappa shape index (κ3) is 4.45. The quantitative estimate of drug-likeness (QED) is 0.837. The number of nitrogens with zero attached hydrogens (tertiary/aromatic N) is 2. The van der Waals surface area contributed by atoms with Crippen LogP contribution in [0, 0.1) is 5.82 Å². The fourth-order valence-corrected chi connectivity index (χ4v) is 4.03. The van der Waals surface area contributed by atoms with Crippen molar-refractivity contribution in [1.82, 2.24) is 4.90 Å². The van der Waals surface area contributed by atoms with Crippen LogP contribution in [0.5, 0.6) is 0 Å². The predicted molar refractivity (Wildman–Crippen MR) is 102 cm³/mol. The summed E-state index contributed by atoms with van der Waals surface area (Å²) in [5, 5.41) is 2.58. The van der Waals surface area contributed by atoms with Gasteiger partial charge in [-0.1, -0.05) is 11.6 Å². The van der Waals surface area contributed by atoms with Gasteiger partial charge in [-0.2, -0.15) is 8.42 Å². The molecule has 0 atom stereocenters. The van der Waals surface area contributed by atoms with E-state index >= 15 is 0 Å². The van der Waals surface area contributed by atoms with Crippen LogP contribution in [0.1, 0.15) is 23.2 Å². The first kappa shape index (κ1) is 19.3. The molecule has 1 saturated heterocycles. The highest BCUT2D eigenvalue weighted by molar-refractivity contribution is 7.90. The van der Waals surface area contributed by atoms with E-state index in [0.29, 0.717) is 17.9 Å². The molecule has 1 N–H and O–H groups in total. The monoisotopic (exact) mass is 409 g/mol. The minimum absolute atomic E-state index is 0.0109. The number of carbonyl (C=O) groups excluding carboxylic acids is 1. The maximum absolute atomic E-state index is 13.1. The van der Waals surface area contributed by atoms with Crippen molar-refractivity contribution in [2.24, 2.45) is 4.40 Å². The van der Waals surface area contributed by atoms with Gasteiger partial charge >= 0.3 is 0 Å². The fourth-order valence-electron chi connectivity index (χ4n) is 2.68. The third-order valence-electron chi connectivity index (χ3n) is 4.15. The van der Waals surface area contributed by atoms with E-state index in [-0.39, 0.29) is 15.5 Å². The van der Waals surface area contributed by atoms with Crippen molar-refractivity contribution in [3.05, 3.63) is 58.9 Å². The van der Waals surface area contributed by atoms with Crippen molar-refractivity contribution in [3.8, 4) is 0 Å². The Bertz CT molecular complexity index is 1010. The summed E-state index contributed by atoms with van der Waals surface area (Å²) in [4.78, 5) is 14.1. The zero-order valence-corrected chi connectivity index (χ0v) is 16.0. The number of carbonyl (C=O) groups is 1. The van der Waals surface area contributed by atoms with E-state index in [2.05, 4.69) is 9.71 Å². The van der Waals surface area contributed by atoms with E-state index in [0.717, 1.165) is 25.1 Å². The number of amides is 1. The number of sulfonamides is 1. The normalized spacial score (nSPS) is 16.0. The van der Waals surface area contributed by atoms with E-state index in [1.165, 1.54) is 30.3 Å². The summed E-state index contributed by atoms with van der Waals surface area (Å²) in [6, 6.07) is 9.12. The summed E-state index contributed by atoms with van der Waals surface area (Å²) in [7, 11) is -2.01. The second-order valence-corrected chi connectivity index (χ2v) is 8.12. The van der Waals surface area contributed by atoms with Crippen molar-refractivity contribution in [2.75, 3.05) is 18.9 Å². The number of hydrogen-bond acceptors (Lipinski definition) is 3. The second-order valence-electron chi connectivity index (χ2n) is 6.11. The summed E-state index contributed by atoms with van der Waals surface area (Å²) in [6.45, 7) is 0.783. The van der Waals surface area contributed by atoms with Gasteiger partial charge in [0.1, 0.15) is 11.7 Å². The Morgan fingerprint density at radius 2 is 1.93 bits per heavy atom. The van der Waals surface area contributed by atoms with Crippen LogP contribution in [0.15, 0.2) is 51.8 Å². The Labute approximate surface area is 161 Å². The number of likely N-dealkylation sites (tertiary alicyclic amines) is 1. The van der Waals surface area contributed by atoms with Crippen LogP contribution in [0.3, 0.4) is 0 Å². The molecule has 1 aliphatic rings. The van der Waals surface area contributed by atoms with E-state index in [1.54, 1.807) is 7.05 Å². The summed E-state index contributed by atoms with van der Waals surface area (Å²) >= 11 is 5.87. The minimum Gasteiger partial charge on any atom is -0.362 e. The lowest BCUT2D eigenvalue weighted by Crippen LogP contribution is -2.20.